The Balaban J connectivity index is 0.000000450. The number of hydrogen-bond donors (Lipinski definition) is 3. The van der Waals surface area contributed by atoms with Gasteiger partial charge in [-0.05, 0) is 22.1 Å². The molecule has 0 bridgehead atoms. The van der Waals surface area contributed by atoms with Crippen LogP contribution in [0.25, 0.3) is 0 Å². The second-order valence-corrected chi connectivity index (χ2v) is 6.65. The van der Waals surface area contributed by atoms with Crippen molar-refractivity contribution in [3.63, 3.8) is 0 Å². The summed E-state index contributed by atoms with van der Waals surface area (Å²) in [6.45, 7) is 8.57. The van der Waals surface area contributed by atoms with Gasteiger partial charge in [-0.15, -0.1) is 0 Å². The minimum atomic E-state index is -1.82. The summed E-state index contributed by atoms with van der Waals surface area (Å²) in [5, 5.41) is 18.3. The molecule has 25 heavy (non-hydrogen) atoms. The first-order valence-corrected chi connectivity index (χ1v) is 8.00. The molecule has 0 aliphatic heterocycles. The van der Waals surface area contributed by atoms with Crippen molar-refractivity contribution in [2.24, 2.45) is 0 Å². The lowest BCUT2D eigenvalue weighted by Crippen LogP contribution is -2.14. The molecule has 0 fully saturated rings. The Morgan fingerprint density at radius 3 is 1.64 bits per heavy atom. The van der Waals surface area contributed by atoms with Crippen LogP contribution in [0, 0.1) is 0 Å². The van der Waals surface area contributed by atoms with E-state index in [9.17, 15) is 0 Å². The highest BCUT2D eigenvalue weighted by Gasteiger charge is 2.12. The van der Waals surface area contributed by atoms with Gasteiger partial charge in [-0.1, -0.05) is 75.4 Å². The molecular formula is C20H25NO4. The predicted molar refractivity (Wildman–Crippen MR) is 97.4 cm³/mol. The number of hydrogen-bond acceptors (Lipinski definition) is 3. The zero-order valence-corrected chi connectivity index (χ0v) is 14.8. The smallest absolute Gasteiger partial charge is 0.414 e. The first-order valence-electron chi connectivity index (χ1n) is 8.00. The van der Waals surface area contributed by atoms with Gasteiger partial charge in [-0.3, -0.25) is 0 Å². The van der Waals surface area contributed by atoms with E-state index < -0.39 is 11.9 Å². The molecule has 0 saturated carbocycles. The molecule has 5 nitrogen and oxygen atoms in total. The molecule has 0 spiro atoms. The molecular weight excluding hydrogens is 318 g/mol. The Bertz CT molecular complexity index is 661. The number of carbonyl (C=O) groups is 2. The standard InChI is InChI=1S/C18H23N.C2H2O4/c1-18(2,3)17-11-9-16(10-12-17)14-19-13-15-7-5-4-6-8-15;3-1(4)2(5)6/h4-12,19H,13-14H2,1-3H3;(H,3,4)(H,5,6). The first-order chi connectivity index (χ1) is 11.7. The Hall–Kier alpha value is -2.66. The zero-order valence-electron chi connectivity index (χ0n) is 14.8. The molecule has 0 atom stereocenters. The van der Waals surface area contributed by atoms with Gasteiger partial charge in [0.05, 0.1) is 0 Å². The maximum absolute atomic E-state index is 9.10. The van der Waals surface area contributed by atoms with E-state index in [0.29, 0.717) is 0 Å². The quantitative estimate of drug-likeness (QED) is 0.741. The molecule has 0 aromatic heterocycles. The van der Waals surface area contributed by atoms with E-state index in [4.69, 9.17) is 19.8 Å². The fraction of sp³-hybridized carbons (Fsp3) is 0.300. The lowest BCUT2D eigenvalue weighted by molar-refractivity contribution is -0.159. The first kappa shape index (κ1) is 20.4. The van der Waals surface area contributed by atoms with Gasteiger partial charge in [0.25, 0.3) is 0 Å². The number of benzene rings is 2. The van der Waals surface area contributed by atoms with E-state index >= 15 is 0 Å². The van der Waals surface area contributed by atoms with Crippen molar-refractivity contribution in [3.05, 3.63) is 71.3 Å². The van der Waals surface area contributed by atoms with E-state index in [1.165, 1.54) is 16.7 Å². The highest BCUT2D eigenvalue weighted by Crippen LogP contribution is 2.22. The minimum Gasteiger partial charge on any atom is -0.473 e. The van der Waals surface area contributed by atoms with E-state index in [1.54, 1.807) is 0 Å². The monoisotopic (exact) mass is 343 g/mol. The summed E-state index contributed by atoms with van der Waals surface area (Å²) < 4.78 is 0. The molecule has 0 aliphatic carbocycles. The molecule has 0 heterocycles. The summed E-state index contributed by atoms with van der Waals surface area (Å²) in [6.07, 6.45) is 0. The minimum absolute atomic E-state index is 0.232. The van der Waals surface area contributed by atoms with Gasteiger partial charge in [0, 0.05) is 13.1 Å². The zero-order chi connectivity index (χ0) is 18.9. The SMILES string of the molecule is CC(C)(C)c1ccc(CNCc2ccccc2)cc1.O=C(O)C(=O)O. The molecule has 0 saturated heterocycles. The fourth-order valence-corrected chi connectivity index (χ4v) is 2.07. The van der Waals surface area contributed by atoms with Gasteiger partial charge in [0.2, 0.25) is 0 Å². The molecule has 0 unspecified atom stereocenters. The largest absolute Gasteiger partial charge is 0.473 e. The van der Waals surface area contributed by atoms with Gasteiger partial charge in [-0.25, -0.2) is 9.59 Å². The Labute approximate surface area is 148 Å². The van der Waals surface area contributed by atoms with Crippen LogP contribution in [0.5, 0.6) is 0 Å². The second kappa shape index (κ2) is 9.59. The van der Waals surface area contributed by atoms with Gasteiger partial charge < -0.3 is 15.5 Å². The van der Waals surface area contributed by atoms with Crippen LogP contribution in [-0.4, -0.2) is 22.2 Å². The summed E-state index contributed by atoms with van der Waals surface area (Å²) in [4.78, 5) is 18.2. The van der Waals surface area contributed by atoms with E-state index in [0.717, 1.165) is 13.1 Å². The normalized spacial score (nSPS) is 10.5. The summed E-state index contributed by atoms with van der Waals surface area (Å²) in [5.74, 6) is -3.65. The molecule has 0 aliphatic rings. The van der Waals surface area contributed by atoms with Crippen LogP contribution in [0.2, 0.25) is 0 Å². The van der Waals surface area contributed by atoms with Crippen LogP contribution in [-0.2, 0) is 28.1 Å². The Morgan fingerprint density at radius 1 is 0.800 bits per heavy atom. The van der Waals surface area contributed by atoms with Crippen LogP contribution in [0.3, 0.4) is 0 Å². The Kier molecular flexibility index (Phi) is 7.82. The molecule has 2 aromatic carbocycles. The van der Waals surface area contributed by atoms with Gasteiger partial charge in [-0.2, -0.15) is 0 Å². The van der Waals surface area contributed by atoms with Crippen molar-refractivity contribution in [1.82, 2.24) is 5.32 Å². The summed E-state index contributed by atoms with van der Waals surface area (Å²) in [7, 11) is 0. The topological polar surface area (TPSA) is 86.6 Å². The maximum Gasteiger partial charge on any atom is 0.414 e. The molecule has 5 heteroatoms. The van der Waals surface area contributed by atoms with Crippen molar-refractivity contribution in [2.75, 3.05) is 0 Å². The van der Waals surface area contributed by atoms with E-state index in [-0.39, 0.29) is 5.41 Å². The third kappa shape index (κ3) is 8.13. The van der Waals surface area contributed by atoms with Gasteiger partial charge >= 0.3 is 11.9 Å². The van der Waals surface area contributed by atoms with Gasteiger partial charge in [0.15, 0.2) is 0 Å². The summed E-state index contributed by atoms with van der Waals surface area (Å²) in [5.41, 5.74) is 4.28. The lowest BCUT2D eigenvalue weighted by atomic mass is 9.87. The number of rotatable bonds is 4. The highest BCUT2D eigenvalue weighted by molar-refractivity contribution is 6.27. The summed E-state index contributed by atoms with van der Waals surface area (Å²) in [6, 6.07) is 19.4. The van der Waals surface area contributed by atoms with Crippen LogP contribution in [0.4, 0.5) is 0 Å². The molecule has 134 valence electrons. The average Bonchev–Trinajstić information content (AvgIpc) is 2.56. The van der Waals surface area contributed by atoms with Crippen molar-refractivity contribution in [3.8, 4) is 0 Å². The number of carboxylic acid groups (broad SMARTS) is 2. The average molecular weight is 343 g/mol. The third-order valence-corrected chi connectivity index (χ3v) is 3.50. The van der Waals surface area contributed by atoms with Crippen LogP contribution >= 0.6 is 0 Å². The fourth-order valence-electron chi connectivity index (χ4n) is 2.07. The van der Waals surface area contributed by atoms with E-state index in [1.807, 2.05) is 0 Å². The molecule has 2 aromatic rings. The molecule has 2 rings (SSSR count). The van der Waals surface area contributed by atoms with Crippen molar-refractivity contribution < 1.29 is 19.8 Å². The highest BCUT2D eigenvalue weighted by atomic mass is 16.4. The van der Waals surface area contributed by atoms with Crippen LogP contribution < -0.4 is 5.32 Å². The summed E-state index contributed by atoms with van der Waals surface area (Å²) >= 11 is 0. The molecule has 3 N–H and O–H groups in total. The maximum atomic E-state index is 9.10. The lowest BCUT2D eigenvalue weighted by Gasteiger charge is -2.19. The molecule has 0 radical (unpaired) electrons. The number of aliphatic carboxylic acids is 2. The third-order valence-electron chi connectivity index (χ3n) is 3.50. The number of carboxylic acids is 2. The Morgan fingerprint density at radius 2 is 1.24 bits per heavy atom. The van der Waals surface area contributed by atoms with Crippen LogP contribution in [0.15, 0.2) is 54.6 Å². The second-order valence-electron chi connectivity index (χ2n) is 6.65. The van der Waals surface area contributed by atoms with Crippen molar-refractivity contribution >= 4 is 11.9 Å². The van der Waals surface area contributed by atoms with Crippen LogP contribution in [0.1, 0.15) is 37.5 Å². The number of nitrogens with one attached hydrogen (secondary N) is 1. The van der Waals surface area contributed by atoms with E-state index in [2.05, 4.69) is 80.7 Å². The van der Waals surface area contributed by atoms with Gasteiger partial charge in [0.1, 0.15) is 0 Å². The molecule has 0 amide bonds. The van der Waals surface area contributed by atoms with Crippen molar-refractivity contribution in [1.29, 1.82) is 0 Å². The van der Waals surface area contributed by atoms with Crippen molar-refractivity contribution in [2.45, 2.75) is 39.3 Å². The predicted octanol–water partition coefficient (Wildman–Crippen LogP) is 3.43.